The summed E-state index contributed by atoms with van der Waals surface area (Å²) < 4.78 is 0. The van der Waals surface area contributed by atoms with Crippen LogP contribution in [0.3, 0.4) is 0 Å². The van der Waals surface area contributed by atoms with Crippen LogP contribution in [0, 0.1) is 17.8 Å². The third-order valence-corrected chi connectivity index (χ3v) is 5.77. The van der Waals surface area contributed by atoms with Gasteiger partial charge in [0.2, 0.25) is 5.91 Å². The Balaban J connectivity index is 1.82. The van der Waals surface area contributed by atoms with Crippen molar-refractivity contribution in [1.29, 1.82) is 0 Å². The van der Waals surface area contributed by atoms with Gasteiger partial charge in [0.1, 0.15) is 0 Å². The molecule has 0 aromatic rings. The summed E-state index contributed by atoms with van der Waals surface area (Å²) in [5.74, 6) is 1.97. The zero-order valence-corrected chi connectivity index (χ0v) is 14.8. The van der Waals surface area contributed by atoms with E-state index < -0.39 is 0 Å². The molecule has 0 radical (unpaired) electrons. The maximum atomic E-state index is 12.6. The summed E-state index contributed by atoms with van der Waals surface area (Å²) in [6.07, 6.45) is 6.01. The molecular weight excluding hydrogens is 274 g/mol. The Bertz CT molecular complexity index is 352. The molecule has 0 saturated carbocycles. The van der Waals surface area contributed by atoms with Gasteiger partial charge in [-0.3, -0.25) is 4.79 Å². The monoisotopic (exact) mass is 309 g/mol. The van der Waals surface area contributed by atoms with Gasteiger partial charge in [-0.1, -0.05) is 27.2 Å². The molecule has 2 saturated heterocycles. The van der Waals surface area contributed by atoms with Crippen molar-refractivity contribution in [1.82, 2.24) is 9.80 Å². The van der Waals surface area contributed by atoms with Gasteiger partial charge >= 0.3 is 0 Å². The number of hydrogen-bond acceptors (Lipinski definition) is 3. The summed E-state index contributed by atoms with van der Waals surface area (Å²) in [5, 5.41) is 0. The maximum absolute atomic E-state index is 12.6. The Morgan fingerprint density at radius 1 is 1.23 bits per heavy atom. The first-order valence-corrected chi connectivity index (χ1v) is 9.28. The number of likely N-dealkylation sites (tertiary alicyclic amines) is 2. The minimum atomic E-state index is -0.320. The molecule has 2 rings (SSSR count). The van der Waals surface area contributed by atoms with Crippen LogP contribution in [0.25, 0.3) is 0 Å². The number of piperidine rings is 2. The predicted octanol–water partition coefficient (Wildman–Crippen LogP) is 2.33. The van der Waals surface area contributed by atoms with Crippen molar-refractivity contribution >= 4 is 5.91 Å². The van der Waals surface area contributed by atoms with Crippen LogP contribution in [-0.4, -0.2) is 54.5 Å². The van der Waals surface area contributed by atoms with E-state index in [1.54, 1.807) is 0 Å². The van der Waals surface area contributed by atoms with Crippen molar-refractivity contribution in [3.05, 3.63) is 0 Å². The number of hydrogen-bond donors (Lipinski definition) is 1. The van der Waals surface area contributed by atoms with Gasteiger partial charge < -0.3 is 15.5 Å². The minimum Gasteiger partial charge on any atom is -0.341 e. The lowest BCUT2D eigenvalue weighted by Gasteiger charge is -2.39. The van der Waals surface area contributed by atoms with Crippen molar-refractivity contribution in [3.8, 4) is 0 Å². The van der Waals surface area contributed by atoms with E-state index in [4.69, 9.17) is 5.73 Å². The van der Waals surface area contributed by atoms with Gasteiger partial charge in [-0.25, -0.2) is 0 Å². The molecule has 2 N–H and O–H groups in total. The molecule has 22 heavy (non-hydrogen) atoms. The molecular formula is C18H35N3O. The fourth-order valence-electron chi connectivity index (χ4n) is 3.73. The zero-order valence-electron chi connectivity index (χ0n) is 14.8. The number of carbonyl (C=O) groups is 1. The molecule has 2 aliphatic rings. The van der Waals surface area contributed by atoms with Gasteiger partial charge in [-0.2, -0.15) is 0 Å². The average molecular weight is 309 g/mol. The van der Waals surface area contributed by atoms with E-state index in [0.29, 0.717) is 5.92 Å². The highest BCUT2D eigenvalue weighted by Gasteiger charge is 2.30. The number of nitrogens with two attached hydrogens (primary N) is 1. The second kappa shape index (κ2) is 8.30. The summed E-state index contributed by atoms with van der Waals surface area (Å²) in [5.41, 5.74) is 6.15. The van der Waals surface area contributed by atoms with Gasteiger partial charge in [0, 0.05) is 19.6 Å². The summed E-state index contributed by atoms with van der Waals surface area (Å²) in [7, 11) is 0. The van der Waals surface area contributed by atoms with E-state index in [1.807, 2.05) is 4.90 Å². The fraction of sp³-hybridized carbons (Fsp3) is 0.944. The molecule has 0 aromatic heterocycles. The predicted molar refractivity (Wildman–Crippen MR) is 91.6 cm³/mol. The van der Waals surface area contributed by atoms with Crippen molar-refractivity contribution in [2.24, 2.45) is 23.5 Å². The molecule has 3 unspecified atom stereocenters. The van der Waals surface area contributed by atoms with E-state index in [1.165, 1.54) is 32.4 Å². The van der Waals surface area contributed by atoms with Crippen molar-refractivity contribution in [2.75, 3.05) is 32.7 Å². The highest BCUT2D eigenvalue weighted by atomic mass is 16.2. The van der Waals surface area contributed by atoms with Gasteiger partial charge in [-0.05, 0) is 56.5 Å². The van der Waals surface area contributed by atoms with Crippen molar-refractivity contribution < 1.29 is 4.79 Å². The Morgan fingerprint density at radius 3 is 2.55 bits per heavy atom. The standard InChI is InChI=1S/C18H35N3O/c1-4-15(3)17(19)18(22)21-9-5-6-16(13-21)12-20-10-7-14(2)8-11-20/h14-17H,4-13,19H2,1-3H3. The second-order valence-electron chi connectivity index (χ2n) is 7.69. The van der Waals surface area contributed by atoms with Crippen LogP contribution in [0.4, 0.5) is 0 Å². The van der Waals surface area contributed by atoms with Crippen LogP contribution in [0.1, 0.15) is 52.9 Å². The molecule has 0 aromatic carbocycles. The van der Waals surface area contributed by atoms with Crippen LogP contribution in [0.2, 0.25) is 0 Å². The number of amides is 1. The molecule has 2 aliphatic heterocycles. The first-order valence-electron chi connectivity index (χ1n) is 9.28. The van der Waals surface area contributed by atoms with Gasteiger partial charge in [0.25, 0.3) is 0 Å². The smallest absolute Gasteiger partial charge is 0.239 e. The van der Waals surface area contributed by atoms with Crippen LogP contribution in [-0.2, 0) is 4.79 Å². The molecule has 4 heteroatoms. The zero-order chi connectivity index (χ0) is 16.1. The summed E-state index contributed by atoms with van der Waals surface area (Å²) in [4.78, 5) is 17.2. The first kappa shape index (κ1) is 17.7. The topological polar surface area (TPSA) is 49.6 Å². The van der Waals surface area contributed by atoms with Crippen molar-refractivity contribution in [2.45, 2.75) is 58.9 Å². The fourth-order valence-corrected chi connectivity index (χ4v) is 3.73. The van der Waals surface area contributed by atoms with Crippen molar-refractivity contribution in [3.63, 3.8) is 0 Å². The molecule has 0 aliphatic carbocycles. The van der Waals surface area contributed by atoms with Crippen LogP contribution in [0.5, 0.6) is 0 Å². The summed E-state index contributed by atoms with van der Waals surface area (Å²) in [6.45, 7) is 12.0. The van der Waals surface area contributed by atoms with Crippen LogP contribution >= 0.6 is 0 Å². The second-order valence-corrected chi connectivity index (χ2v) is 7.69. The molecule has 128 valence electrons. The van der Waals surface area contributed by atoms with Crippen LogP contribution < -0.4 is 5.73 Å². The van der Waals surface area contributed by atoms with E-state index >= 15 is 0 Å². The Morgan fingerprint density at radius 2 is 1.91 bits per heavy atom. The maximum Gasteiger partial charge on any atom is 0.239 e. The normalized spacial score (nSPS) is 27.6. The highest BCUT2D eigenvalue weighted by Crippen LogP contribution is 2.22. The largest absolute Gasteiger partial charge is 0.341 e. The quantitative estimate of drug-likeness (QED) is 0.848. The number of nitrogens with zero attached hydrogens (tertiary/aromatic N) is 2. The first-order chi connectivity index (χ1) is 10.5. The third-order valence-electron chi connectivity index (χ3n) is 5.77. The van der Waals surface area contributed by atoms with E-state index in [0.717, 1.165) is 38.4 Å². The molecule has 0 bridgehead atoms. The number of carbonyl (C=O) groups excluding carboxylic acids is 1. The minimum absolute atomic E-state index is 0.173. The molecule has 1 amide bonds. The molecule has 2 fully saturated rings. The van der Waals surface area contributed by atoms with Gasteiger partial charge in [0.15, 0.2) is 0 Å². The average Bonchev–Trinajstić information content (AvgIpc) is 2.55. The Labute approximate surface area is 136 Å². The lowest BCUT2D eigenvalue weighted by molar-refractivity contribution is -0.135. The molecule has 2 heterocycles. The lowest BCUT2D eigenvalue weighted by atomic mass is 9.93. The SMILES string of the molecule is CCC(C)C(N)C(=O)N1CCCC(CN2CCC(C)CC2)C1. The van der Waals surface area contributed by atoms with Crippen LogP contribution in [0.15, 0.2) is 0 Å². The molecule has 4 nitrogen and oxygen atoms in total. The van der Waals surface area contributed by atoms with E-state index in [-0.39, 0.29) is 17.9 Å². The molecule has 0 spiro atoms. The molecule has 3 atom stereocenters. The Hall–Kier alpha value is -0.610. The summed E-state index contributed by atoms with van der Waals surface area (Å²) >= 11 is 0. The van der Waals surface area contributed by atoms with E-state index in [9.17, 15) is 4.79 Å². The van der Waals surface area contributed by atoms with E-state index in [2.05, 4.69) is 25.7 Å². The lowest BCUT2D eigenvalue weighted by Crippen LogP contribution is -2.51. The Kier molecular flexibility index (Phi) is 6.69. The summed E-state index contributed by atoms with van der Waals surface area (Å²) in [6, 6.07) is -0.320. The highest BCUT2D eigenvalue weighted by molar-refractivity contribution is 5.82. The third kappa shape index (κ3) is 4.69. The van der Waals surface area contributed by atoms with Gasteiger partial charge in [-0.15, -0.1) is 0 Å². The number of rotatable bonds is 5. The van der Waals surface area contributed by atoms with Gasteiger partial charge in [0.05, 0.1) is 6.04 Å².